The third-order valence-electron chi connectivity index (χ3n) is 6.75. The molecule has 192 valence electrons. The first-order chi connectivity index (χ1) is 17.5. The fraction of sp³-hybridized carbons (Fsp3) is 0.429. The number of piperidine rings is 1. The molecule has 0 spiro atoms. The Hall–Kier alpha value is -3.36. The van der Waals surface area contributed by atoms with Crippen LogP contribution >= 0.6 is 0 Å². The summed E-state index contributed by atoms with van der Waals surface area (Å²) in [7, 11) is 3.21. The highest BCUT2D eigenvalue weighted by atomic mass is 16.5. The van der Waals surface area contributed by atoms with Crippen LogP contribution in [0.1, 0.15) is 55.0 Å². The first-order valence-corrected chi connectivity index (χ1v) is 12.5. The van der Waals surface area contributed by atoms with Gasteiger partial charge in [-0.1, -0.05) is 42.8 Å². The van der Waals surface area contributed by atoms with E-state index in [1.54, 1.807) is 21.1 Å². The van der Waals surface area contributed by atoms with Crippen LogP contribution in [0.15, 0.2) is 59.8 Å². The fourth-order valence-electron chi connectivity index (χ4n) is 5.12. The third-order valence-corrected chi connectivity index (χ3v) is 6.75. The lowest BCUT2D eigenvalue weighted by molar-refractivity contribution is -0.139. The molecule has 0 aliphatic carbocycles. The van der Waals surface area contributed by atoms with E-state index in [0.717, 1.165) is 36.9 Å². The number of carbonyl (C=O) groups is 2. The molecule has 1 fully saturated rings. The van der Waals surface area contributed by atoms with Crippen molar-refractivity contribution in [2.45, 2.75) is 44.9 Å². The van der Waals surface area contributed by atoms with E-state index in [0.29, 0.717) is 30.2 Å². The minimum atomic E-state index is -0.658. The summed E-state index contributed by atoms with van der Waals surface area (Å²) in [5.41, 5.74) is 3.83. The molecule has 0 unspecified atom stereocenters. The molecule has 36 heavy (non-hydrogen) atoms. The van der Waals surface area contributed by atoms with Gasteiger partial charge >= 0.3 is 12.0 Å². The summed E-state index contributed by atoms with van der Waals surface area (Å²) in [6.07, 6.45) is 3.24. The topological polar surface area (TPSA) is 89.1 Å². The Bertz CT molecular complexity index is 1100. The van der Waals surface area contributed by atoms with Crippen LogP contribution in [0.4, 0.5) is 4.79 Å². The van der Waals surface area contributed by atoms with Gasteiger partial charge in [0.15, 0.2) is 0 Å². The first kappa shape index (κ1) is 25.7. The summed E-state index contributed by atoms with van der Waals surface area (Å²) in [4.78, 5) is 28.5. The van der Waals surface area contributed by atoms with Crippen LogP contribution in [0.3, 0.4) is 0 Å². The number of nitrogens with zero attached hydrogens (tertiary/aromatic N) is 1. The molecule has 2 aliphatic heterocycles. The summed E-state index contributed by atoms with van der Waals surface area (Å²) in [6.45, 7) is 3.69. The van der Waals surface area contributed by atoms with Crippen molar-refractivity contribution < 1.29 is 23.8 Å². The zero-order chi connectivity index (χ0) is 25.5. The van der Waals surface area contributed by atoms with Crippen molar-refractivity contribution >= 4 is 12.0 Å². The lowest BCUT2D eigenvalue weighted by Gasteiger charge is -2.38. The molecule has 0 bridgehead atoms. The minimum absolute atomic E-state index is 0.218. The van der Waals surface area contributed by atoms with Gasteiger partial charge in [-0.2, -0.15) is 0 Å². The van der Waals surface area contributed by atoms with Crippen LogP contribution < -0.4 is 15.4 Å². The zero-order valence-corrected chi connectivity index (χ0v) is 21.2. The van der Waals surface area contributed by atoms with Gasteiger partial charge in [0, 0.05) is 31.0 Å². The number of benzene rings is 2. The van der Waals surface area contributed by atoms with Crippen molar-refractivity contribution in [3.63, 3.8) is 0 Å². The van der Waals surface area contributed by atoms with Gasteiger partial charge in [-0.25, -0.2) is 9.59 Å². The molecule has 2 aromatic rings. The van der Waals surface area contributed by atoms with Crippen molar-refractivity contribution in [3.8, 4) is 5.75 Å². The second kappa shape index (κ2) is 12.1. The van der Waals surface area contributed by atoms with Crippen LogP contribution in [0.25, 0.3) is 0 Å². The van der Waals surface area contributed by atoms with Crippen LogP contribution in [-0.4, -0.2) is 50.8 Å². The molecule has 2 N–H and O–H groups in total. The number of nitrogens with one attached hydrogen (secondary N) is 2. The Morgan fingerprint density at radius 1 is 1.08 bits per heavy atom. The molecular formula is C28H35N3O5. The van der Waals surface area contributed by atoms with Crippen LogP contribution in [0, 0.1) is 0 Å². The molecule has 4 rings (SSSR count). The van der Waals surface area contributed by atoms with Gasteiger partial charge in [0.05, 0.1) is 31.9 Å². The van der Waals surface area contributed by atoms with E-state index < -0.39 is 12.0 Å². The monoisotopic (exact) mass is 493 g/mol. The molecule has 0 saturated carbocycles. The van der Waals surface area contributed by atoms with Crippen molar-refractivity contribution in [3.05, 3.63) is 76.5 Å². The number of urea groups is 1. The van der Waals surface area contributed by atoms with Gasteiger partial charge in [0.25, 0.3) is 0 Å². The minimum Gasteiger partial charge on any atom is -0.496 e. The number of amides is 2. The van der Waals surface area contributed by atoms with E-state index in [4.69, 9.17) is 14.2 Å². The summed E-state index contributed by atoms with van der Waals surface area (Å²) >= 11 is 0. The lowest BCUT2D eigenvalue weighted by Crippen LogP contribution is -2.49. The Morgan fingerprint density at radius 2 is 1.89 bits per heavy atom. The number of likely N-dealkylation sites (tertiary alicyclic amines) is 1. The van der Waals surface area contributed by atoms with Crippen molar-refractivity contribution in [1.29, 1.82) is 0 Å². The van der Waals surface area contributed by atoms with E-state index in [-0.39, 0.29) is 18.7 Å². The number of ether oxygens (including phenoxy) is 3. The second-order valence-electron chi connectivity index (χ2n) is 9.04. The number of methoxy groups -OCH3 is 2. The van der Waals surface area contributed by atoms with Gasteiger partial charge in [0.2, 0.25) is 0 Å². The highest BCUT2D eigenvalue weighted by molar-refractivity contribution is 5.95. The maximum Gasteiger partial charge on any atom is 0.338 e. The maximum atomic E-state index is 13.3. The highest BCUT2D eigenvalue weighted by Crippen LogP contribution is 2.35. The largest absolute Gasteiger partial charge is 0.496 e. The summed E-state index contributed by atoms with van der Waals surface area (Å²) in [6, 6.07) is 15.2. The SMILES string of the molecule is CCOC(=O)C1=C(CN2CCCC[C@H]2c2ccccc2)NC(=O)N[C@H]1c1ccc(OC)c(COC)c1. The smallest absolute Gasteiger partial charge is 0.338 e. The van der Waals surface area contributed by atoms with Crippen LogP contribution in [-0.2, 0) is 20.9 Å². The fourth-order valence-corrected chi connectivity index (χ4v) is 5.12. The maximum absolute atomic E-state index is 13.3. The van der Waals surface area contributed by atoms with E-state index in [2.05, 4.69) is 39.8 Å². The molecule has 2 amide bonds. The molecule has 1 saturated heterocycles. The molecule has 2 aromatic carbocycles. The number of carbonyl (C=O) groups excluding carboxylic acids is 2. The lowest BCUT2D eigenvalue weighted by atomic mass is 9.92. The summed E-state index contributed by atoms with van der Waals surface area (Å²) in [5, 5.41) is 5.85. The molecular weight excluding hydrogens is 458 g/mol. The number of rotatable bonds is 9. The van der Waals surface area contributed by atoms with Crippen molar-refractivity contribution in [2.75, 3.05) is 33.9 Å². The number of hydrogen-bond acceptors (Lipinski definition) is 6. The zero-order valence-electron chi connectivity index (χ0n) is 21.2. The average molecular weight is 494 g/mol. The van der Waals surface area contributed by atoms with Crippen LogP contribution in [0.2, 0.25) is 0 Å². The Kier molecular flexibility index (Phi) is 8.61. The van der Waals surface area contributed by atoms with Crippen molar-refractivity contribution in [2.24, 2.45) is 0 Å². The van der Waals surface area contributed by atoms with E-state index >= 15 is 0 Å². The second-order valence-corrected chi connectivity index (χ2v) is 9.04. The molecule has 0 radical (unpaired) electrons. The summed E-state index contributed by atoms with van der Waals surface area (Å²) in [5.74, 6) is 0.240. The Morgan fingerprint density at radius 3 is 2.61 bits per heavy atom. The number of esters is 1. The van der Waals surface area contributed by atoms with Gasteiger partial charge in [0.1, 0.15) is 5.75 Å². The summed E-state index contributed by atoms with van der Waals surface area (Å²) < 4.78 is 16.3. The van der Waals surface area contributed by atoms with E-state index in [1.807, 2.05) is 24.3 Å². The van der Waals surface area contributed by atoms with Gasteiger partial charge < -0.3 is 24.8 Å². The quantitative estimate of drug-likeness (QED) is 0.508. The van der Waals surface area contributed by atoms with Gasteiger partial charge in [-0.3, -0.25) is 4.90 Å². The number of hydrogen-bond donors (Lipinski definition) is 2. The van der Waals surface area contributed by atoms with Gasteiger partial charge in [-0.15, -0.1) is 0 Å². The average Bonchev–Trinajstić information content (AvgIpc) is 2.89. The predicted molar refractivity (Wildman–Crippen MR) is 136 cm³/mol. The molecule has 8 nitrogen and oxygen atoms in total. The Labute approximate surface area is 212 Å². The van der Waals surface area contributed by atoms with Crippen molar-refractivity contribution in [1.82, 2.24) is 15.5 Å². The Balaban J connectivity index is 1.74. The van der Waals surface area contributed by atoms with E-state index in [1.165, 1.54) is 5.56 Å². The molecule has 2 heterocycles. The van der Waals surface area contributed by atoms with E-state index in [9.17, 15) is 9.59 Å². The highest BCUT2D eigenvalue weighted by Gasteiger charge is 2.36. The molecule has 2 aliphatic rings. The normalized spacial score (nSPS) is 20.5. The third kappa shape index (κ3) is 5.71. The first-order valence-electron chi connectivity index (χ1n) is 12.5. The standard InChI is InChI=1S/C28H35N3O5/c1-4-36-27(32)25-22(17-31-15-9-8-12-23(31)19-10-6-5-7-11-19)29-28(33)30-26(25)20-13-14-24(35-3)21(16-20)18-34-2/h5-7,10-11,13-14,16,23,26H,4,8-9,12,15,17-18H2,1-3H3,(H2,29,30,33)/t23-,26-/m0/s1. The predicted octanol–water partition coefficient (Wildman–Crippen LogP) is 4.24. The molecule has 0 aromatic heterocycles. The molecule has 2 atom stereocenters. The van der Waals surface area contributed by atoms with Crippen LogP contribution in [0.5, 0.6) is 5.75 Å². The van der Waals surface area contributed by atoms with Gasteiger partial charge in [-0.05, 0) is 49.6 Å². The molecule has 8 heteroatoms.